The van der Waals surface area contributed by atoms with Gasteiger partial charge in [-0.15, -0.1) is 0 Å². The van der Waals surface area contributed by atoms with Gasteiger partial charge in [0.15, 0.2) is 0 Å². The number of sulfonamides is 1. The summed E-state index contributed by atoms with van der Waals surface area (Å²) in [7, 11) is -3.97. The van der Waals surface area contributed by atoms with Crippen LogP contribution in [-0.2, 0) is 10.0 Å². The van der Waals surface area contributed by atoms with Gasteiger partial charge in [0.05, 0.1) is 10.5 Å². The molecular formula is C15H17FN2O3S. The molecule has 1 amide bonds. The Labute approximate surface area is 128 Å². The molecule has 0 saturated carbocycles. The second-order valence-electron chi connectivity index (χ2n) is 5.86. The molecular weight excluding hydrogens is 307 g/mol. The van der Waals surface area contributed by atoms with Crippen molar-refractivity contribution in [2.75, 3.05) is 13.1 Å². The second-order valence-corrected chi connectivity index (χ2v) is 7.42. The summed E-state index contributed by atoms with van der Waals surface area (Å²) in [6.45, 7) is 1.15. The van der Waals surface area contributed by atoms with E-state index in [0.717, 1.165) is 31.0 Å². The highest BCUT2D eigenvalue weighted by Crippen LogP contribution is 2.33. The number of benzene rings is 1. The Hall–Kier alpha value is -1.73. The highest BCUT2D eigenvalue weighted by atomic mass is 32.2. The van der Waals surface area contributed by atoms with Crippen LogP contribution in [0.25, 0.3) is 0 Å². The Morgan fingerprint density at radius 3 is 2.32 bits per heavy atom. The van der Waals surface area contributed by atoms with Crippen LogP contribution in [0.5, 0.6) is 0 Å². The summed E-state index contributed by atoms with van der Waals surface area (Å²) in [4.78, 5) is 13.9. The van der Waals surface area contributed by atoms with Crippen molar-refractivity contribution in [1.82, 2.24) is 4.90 Å². The van der Waals surface area contributed by atoms with Crippen LogP contribution in [-0.4, -0.2) is 32.3 Å². The molecule has 1 fully saturated rings. The van der Waals surface area contributed by atoms with Crippen LogP contribution in [0.4, 0.5) is 4.39 Å². The summed E-state index contributed by atoms with van der Waals surface area (Å²) in [5, 5.41) is 5.04. The van der Waals surface area contributed by atoms with E-state index in [1.54, 1.807) is 4.90 Å². The zero-order valence-corrected chi connectivity index (χ0v) is 12.7. The second kappa shape index (κ2) is 5.48. The molecule has 1 saturated heterocycles. The fourth-order valence-corrected chi connectivity index (χ4v) is 3.74. The summed E-state index contributed by atoms with van der Waals surface area (Å²) >= 11 is 0. The number of hydrogen-bond donors (Lipinski definition) is 1. The van der Waals surface area contributed by atoms with E-state index in [1.165, 1.54) is 0 Å². The van der Waals surface area contributed by atoms with Crippen LogP contribution in [0.3, 0.4) is 0 Å². The van der Waals surface area contributed by atoms with Crippen molar-refractivity contribution in [1.29, 1.82) is 0 Å². The van der Waals surface area contributed by atoms with Crippen molar-refractivity contribution in [3.63, 3.8) is 0 Å². The first kappa shape index (κ1) is 15.2. The van der Waals surface area contributed by atoms with E-state index in [4.69, 9.17) is 5.14 Å². The van der Waals surface area contributed by atoms with Gasteiger partial charge < -0.3 is 4.90 Å². The molecule has 2 atom stereocenters. The fraction of sp³-hybridized carbons (Fsp3) is 0.400. The van der Waals surface area contributed by atoms with Crippen molar-refractivity contribution in [2.24, 2.45) is 17.0 Å². The molecule has 0 radical (unpaired) electrons. The van der Waals surface area contributed by atoms with Gasteiger partial charge in [0.25, 0.3) is 5.91 Å². The lowest BCUT2D eigenvalue weighted by molar-refractivity contribution is 0.0779. The minimum Gasteiger partial charge on any atom is -0.338 e. The van der Waals surface area contributed by atoms with Gasteiger partial charge in [-0.3, -0.25) is 4.79 Å². The van der Waals surface area contributed by atoms with Gasteiger partial charge in [-0.25, -0.2) is 17.9 Å². The molecule has 2 N–H and O–H groups in total. The number of allylic oxidation sites excluding steroid dienone is 2. The first-order valence-electron chi connectivity index (χ1n) is 7.13. The van der Waals surface area contributed by atoms with Crippen LogP contribution >= 0.6 is 0 Å². The molecule has 7 heteroatoms. The Morgan fingerprint density at radius 1 is 1.18 bits per heavy atom. The van der Waals surface area contributed by atoms with Crippen LogP contribution in [0.1, 0.15) is 23.2 Å². The predicted octanol–water partition coefficient (Wildman–Crippen LogP) is 1.51. The number of rotatable bonds is 2. The molecule has 1 aromatic rings. The molecule has 118 valence electrons. The van der Waals surface area contributed by atoms with Gasteiger partial charge in [0.1, 0.15) is 5.82 Å². The number of primary sulfonamides is 1. The van der Waals surface area contributed by atoms with E-state index in [0.29, 0.717) is 24.9 Å². The highest BCUT2D eigenvalue weighted by Gasteiger charge is 2.36. The number of halogens is 1. The lowest BCUT2D eigenvalue weighted by Crippen LogP contribution is -2.30. The zero-order chi connectivity index (χ0) is 15.9. The van der Waals surface area contributed by atoms with Gasteiger partial charge in [0, 0.05) is 13.1 Å². The Bertz CT molecular complexity index is 729. The minimum atomic E-state index is -3.97. The predicted molar refractivity (Wildman–Crippen MR) is 79.0 cm³/mol. The smallest absolute Gasteiger partial charge is 0.256 e. The molecule has 22 heavy (non-hydrogen) atoms. The number of carbonyl (C=O) groups is 1. The first-order valence-corrected chi connectivity index (χ1v) is 8.67. The maximum atomic E-state index is 13.9. The molecule has 3 rings (SSSR count). The van der Waals surface area contributed by atoms with Crippen molar-refractivity contribution in [3.05, 3.63) is 41.7 Å². The van der Waals surface area contributed by atoms with Crippen LogP contribution in [0.2, 0.25) is 0 Å². The molecule has 1 aliphatic heterocycles. The maximum absolute atomic E-state index is 13.9. The number of nitrogens with two attached hydrogens (primary N) is 1. The van der Waals surface area contributed by atoms with Crippen molar-refractivity contribution >= 4 is 15.9 Å². The Morgan fingerprint density at radius 2 is 1.77 bits per heavy atom. The summed E-state index contributed by atoms with van der Waals surface area (Å²) in [6.07, 6.45) is 6.07. The lowest BCUT2D eigenvalue weighted by Gasteiger charge is -2.17. The summed E-state index contributed by atoms with van der Waals surface area (Å²) < 4.78 is 36.7. The quantitative estimate of drug-likeness (QED) is 0.837. The van der Waals surface area contributed by atoms with Gasteiger partial charge in [-0.2, -0.15) is 0 Å². The molecule has 0 bridgehead atoms. The molecule has 0 aromatic heterocycles. The van der Waals surface area contributed by atoms with E-state index in [9.17, 15) is 17.6 Å². The van der Waals surface area contributed by atoms with Crippen molar-refractivity contribution in [3.8, 4) is 0 Å². The first-order chi connectivity index (χ1) is 10.4. The standard InChI is InChI=1S/C15H17FN2O3S/c16-14-6-5-12(22(17,20)21)7-13(14)15(19)18-8-10-3-1-2-4-11(10)9-18/h1-2,5-7,10-11H,3-4,8-9H2,(H2,17,20,21). The van der Waals surface area contributed by atoms with E-state index >= 15 is 0 Å². The van der Waals surface area contributed by atoms with Gasteiger partial charge >= 0.3 is 0 Å². The van der Waals surface area contributed by atoms with Gasteiger partial charge in [0.2, 0.25) is 10.0 Å². The SMILES string of the molecule is NS(=O)(=O)c1ccc(F)c(C(=O)N2CC3CC=CCC3C2)c1. The number of amides is 1. The largest absolute Gasteiger partial charge is 0.338 e. The molecule has 2 unspecified atom stereocenters. The maximum Gasteiger partial charge on any atom is 0.256 e. The topological polar surface area (TPSA) is 80.5 Å². The average molecular weight is 324 g/mol. The van der Waals surface area contributed by atoms with Gasteiger partial charge in [-0.1, -0.05) is 12.2 Å². The van der Waals surface area contributed by atoms with E-state index in [1.807, 2.05) is 0 Å². The molecule has 0 spiro atoms. The van der Waals surface area contributed by atoms with Gasteiger partial charge in [-0.05, 0) is 42.9 Å². The molecule has 1 aromatic carbocycles. The molecule has 1 heterocycles. The number of fused-ring (bicyclic) bond motifs is 1. The number of hydrogen-bond acceptors (Lipinski definition) is 3. The third-order valence-corrected chi connectivity index (χ3v) is 5.32. The van der Waals surface area contributed by atoms with Crippen molar-refractivity contribution in [2.45, 2.75) is 17.7 Å². The van der Waals surface area contributed by atoms with E-state index < -0.39 is 21.7 Å². The highest BCUT2D eigenvalue weighted by molar-refractivity contribution is 7.89. The number of carbonyl (C=O) groups excluding carboxylic acids is 1. The molecule has 1 aliphatic carbocycles. The van der Waals surface area contributed by atoms with Crippen LogP contribution in [0.15, 0.2) is 35.2 Å². The minimum absolute atomic E-state index is 0.238. The number of likely N-dealkylation sites (tertiary alicyclic amines) is 1. The van der Waals surface area contributed by atoms with E-state index in [2.05, 4.69) is 12.2 Å². The zero-order valence-electron chi connectivity index (χ0n) is 11.9. The summed E-state index contributed by atoms with van der Waals surface area (Å²) in [5.74, 6) is -0.403. The van der Waals surface area contributed by atoms with Crippen molar-refractivity contribution < 1.29 is 17.6 Å². The third-order valence-electron chi connectivity index (χ3n) is 4.40. The Kier molecular flexibility index (Phi) is 3.78. The lowest BCUT2D eigenvalue weighted by atomic mass is 9.86. The Balaban J connectivity index is 1.87. The summed E-state index contributed by atoms with van der Waals surface area (Å²) in [5.41, 5.74) is -0.238. The van der Waals surface area contributed by atoms with Crippen LogP contribution in [0, 0.1) is 17.7 Å². The third kappa shape index (κ3) is 2.78. The normalized spacial score (nSPS) is 24.4. The molecule has 5 nitrogen and oxygen atoms in total. The fourth-order valence-electron chi connectivity index (χ4n) is 3.20. The van der Waals surface area contributed by atoms with Crippen LogP contribution < -0.4 is 5.14 Å². The number of nitrogens with zero attached hydrogens (tertiary/aromatic N) is 1. The van der Waals surface area contributed by atoms with E-state index in [-0.39, 0.29) is 10.5 Å². The monoisotopic (exact) mass is 324 g/mol. The summed E-state index contributed by atoms with van der Waals surface area (Å²) in [6, 6.07) is 3.06. The average Bonchev–Trinajstić information content (AvgIpc) is 2.89. The molecule has 2 aliphatic rings.